The molecule has 2 rings (SSSR count). The number of alkyl halides is 3. The summed E-state index contributed by atoms with van der Waals surface area (Å²) in [6.07, 6.45) is -6.83. The van der Waals surface area contributed by atoms with E-state index >= 15 is 0 Å². The standard InChI is InChI=1S/C13H15F3O4/c1-17-8-3-4-10(11(5-8)18-2)12(13(14,15)16)20-7-9-6-19-9/h3-5,9,12H,6-7H2,1-2H3/t9-,12-/m1/s1. The summed E-state index contributed by atoms with van der Waals surface area (Å²) in [4.78, 5) is 0. The maximum absolute atomic E-state index is 13.1. The number of hydrogen-bond donors (Lipinski definition) is 0. The number of ether oxygens (including phenoxy) is 4. The lowest BCUT2D eigenvalue weighted by Crippen LogP contribution is -2.25. The lowest BCUT2D eigenvalue weighted by molar-refractivity contribution is -0.225. The molecule has 1 aromatic rings. The van der Waals surface area contributed by atoms with E-state index in [2.05, 4.69) is 0 Å². The minimum absolute atomic E-state index is 0.0726. The van der Waals surface area contributed by atoms with Gasteiger partial charge in [0.1, 0.15) is 17.6 Å². The average Bonchev–Trinajstić information content (AvgIpc) is 3.21. The third kappa shape index (κ3) is 3.55. The normalized spacial score (nSPS) is 19.6. The fourth-order valence-electron chi connectivity index (χ4n) is 1.76. The number of methoxy groups -OCH3 is 2. The van der Waals surface area contributed by atoms with Gasteiger partial charge in [-0.3, -0.25) is 0 Å². The van der Waals surface area contributed by atoms with E-state index in [1.54, 1.807) is 0 Å². The van der Waals surface area contributed by atoms with E-state index in [4.69, 9.17) is 18.9 Å². The van der Waals surface area contributed by atoms with Crippen LogP contribution in [0.5, 0.6) is 11.5 Å². The summed E-state index contributed by atoms with van der Waals surface area (Å²) in [6.45, 7) is 0.337. The molecule has 7 heteroatoms. The van der Waals surface area contributed by atoms with Crippen LogP contribution in [0, 0.1) is 0 Å². The van der Waals surface area contributed by atoms with Gasteiger partial charge in [-0.2, -0.15) is 13.2 Å². The number of benzene rings is 1. The number of hydrogen-bond acceptors (Lipinski definition) is 4. The molecule has 112 valence electrons. The maximum atomic E-state index is 13.1. The second-order valence-electron chi connectivity index (χ2n) is 4.32. The molecule has 0 bridgehead atoms. The monoisotopic (exact) mass is 292 g/mol. The molecule has 20 heavy (non-hydrogen) atoms. The minimum Gasteiger partial charge on any atom is -0.497 e. The Balaban J connectivity index is 2.26. The van der Waals surface area contributed by atoms with Gasteiger partial charge in [-0.05, 0) is 12.1 Å². The number of halogens is 3. The third-order valence-electron chi connectivity index (χ3n) is 2.87. The Kier molecular flexibility index (Phi) is 4.39. The van der Waals surface area contributed by atoms with Crippen LogP contribution in [0.4, 0.5) is 13.2 Å². The lowest BCUT2D eigenvalue weighted by Gasteiger charge is -2.23. The largest absolute Gasteiger partial charge is 0.497 e. The van der Waals surface area contributed by atoms with E-state index in [1.807, 2.05) is 0 Å². The van der Waals surface area contributed by atoms with Crippen molar-refractivity contribution in [3.63, 3.8) is 0 Å². The molecule has 1 aliphatic heterocycles. The topological polar surface area (TPSA) is 40.2 Å². The highest BCUT2D eigenvalue weighted by Gasteiger charge is 2.44. The predicted octanol–water partition coefficient (Wildman–Crippen LogP) is 2.72. The average molecular weight is 292 g/mol. The quantitative estimate of drug-likeness (QED) is 0.756. The van der Waals surface area contributed by atoms with Gasteiger partial charge in [-0.25, -0.2) is 0 Å². The molecule has 0 aliphatic carbocycles. The summed E-state index contributed by atoms with van der Waals surface area (Å²) < 4.78 is 59.1. The lowest BCUT2D eigenvalue weighted by atomic mass is 10.1. The summed E-state index contributed by atoms with van der Waals surface area (Å²) in [5, 5.41) is 0. The van der Waals surface area contributed by atoms with Crippen molar-refractivity contribution < 1.29 is 32.1 Å². The van der Waals surface area contributed by atoms with Gasteiger partial charge in [0.25, 0.3) is 0 Å². The van der Waals surface area contributed by atoms with E-state index < -0.39 is 12.3 Å². The Morgan fingerprint density at radius 2 is 2.00 bits per heavy atom. The molecular formula is C13H15F3O4. The van der Waals surface area contributed by atoms with Gasteiger partial charge in [-0.15, -0.1) is 0 Å². The maximum Gasteiger partial charge on any atom is 0.418 e. The Morgan fingerprint density at radius 1 is 1.30 bits per heavy atom. The van der Waals surface area contributed by atoms with Crippen LogP contribution in [0.15, 0.2) is 18.2 Å². The Labute approximate surface area is 114 Å². The van der Waals surface area contributed by atoms with Crippen molar-refractivity contribution in [1.82, 2.24) is 0 Å². The molecule has 0 saturated carbocycles. The second-order valence-corrected chi connectivity index (χ2v) is 4.32. The molecule has 0 spiro atoms. The van der Waals surface area contributed by atoms with Crippen LogP contribution in [0.1, 0.15) is 11.7 Å². The van der Waals surface area contributed by atoms with Gasteiger partial charge < -0.3 is 18.9 Å². The molecule has 0 radical (unpaired) electrons. The molecule has 0 aromatic heterocycles. The van der Waals surface area contributed by atoms with E-state index in [0.29, 0.717) is 12.4 Å². The van der Waals surface area contributed by atoms with E-state index in [9.17, 15) is 13.2 Å². The number of rotatable bonds is 6. The van der Waals surface area contributed by atoms with Gasteiger partial charge >= 0.3 is 6.18 Å². The molecule has 1 fully saturated rings. The van der Waals surface area contributed by atoms with Crippen molar-refractivity contribution in [2.45, 2.75) is 18.4 Å². The van der Waals surface area contributed by atoms with E-state index in [-0.39, 0.29) is 24.0 Å². The molecule has 1 saturated heterocycles. The first-order valence-electron chi connectivity index (χ1n) is 5.97. The van der Waals surface area contributed by atoms with Crippen LogP contribution >= 0.6 is 0 Å². The first-order chi connectivity index (χ1) is 9.45. The first kappa shape index (κ1) is 14.9. The van der Waals surface area contributed by atoms with Gasteiger partial charge in [0, 0.05) is 11.6 Å². The van der Waals surface area contributed by atoms with Crippen LogP contribution in [0.25, 0.3) is 0 Å². The molecule has 2 atom stereocenters. The van der Waals surface area contributed by atoms with Gasteiger partial charge in [0.15, 0.2) is 6.10 Å². The highest BCUT2D eigenvalue weighted by molar-refractivity contribution is 5.42. The van der Waals surface area contributed by atoms with Crippen molar-refractivity contribution in [3.05, 3.63) is 23.8 Å². The summed E-state index contributed by atoms with van der Waals surface area (Å²) in [6, 6.07) is 4.13. The summed E-state index contributed by atoms with van der Waals surface area (Å²) in [5.74, 6) is 0.487. The fourth-order valence-corrected chi connectivity index (χ4v) is 1.76. The second kappa shape index (κ2) is 5.88. The summed E-state index contributed by atoms with van der Waals surface area (Å²) in [5.41, 5.74) is -0.0820. The zero-order chi connectivity index (χ0) is 14.8. The van der Waals surface area contributed by atoms with Gasteiger partial charge in [0.2, 0.25) is 0 Å². The van der Waals surface area contributed by atoms with Crippen molar-refractivity contribution in [2.75, 3.05) is 27.4 Å². The molecule has 4 nitrogen and oxygen atoms in total. The first-order valence-corrected chi connectivity index (χ1v) is 5.97. The molecule has 1 heterocycles. The van der Waals surface area contributed by atoms with E-state index in [1.165, 1.54) is 32.4 Å². The van der Waals surface area contributed by atoms with E-state index in [0.717, 1.165) is 0 Å². The summed E-state index contributed by atoms with van der Waals surface area (Å²) >= 11 is 0. The van der Waals surface area contributed by atoms with Crippen LogP contribution in [-0.2, 0) is 9.47 Å². The van der Waals surface area contributed by atoms with Gasteiger partial charge in [0.05, 0.1) is 27.4 Å². The Hall–Kier alpha value is -1.47. The van der Waals surface area contributed by atoms with Crippen molar-refractivity contribution in [2.24, 2.45) is 0 Å². The molecular weight excluding hydrogens is 277 g/mol. The minimum atomic E-state index is -4.53. The molecule has 0 amide bonds. The van der Waals surface area contributed by atoms with Crippen molar-refractivity contribution in [3.8, 4) is 11.5 Å². The van der Waals surface area contributed by atoms with Gasteiger partial charge in [-0.1, -0.05) is 0 Å². The Bertz CT molecular complexity index is 457. The predicted molar refractivity (Wildman–Crippen MR) is 64.0 cm³/mol. The highest BCUT2D eigenvalue weighted by atomic mass is 19.4. The molecule has 1 aliphatic rings. The SMILES string of the molecule is COc1ccc([C@@H](OC[C@H]2CO2)C(F)(F)F)c(OC)c1. The molecule has 0 unspecified atom stereocenters. The van der Waals surface area contributed by atoms with Crippen LogP contribution < -0.4 is 9.47 Å². The Morgan fingerprint density at radius 3 is 2.50 bits per heavy atom. The van der Waals surface area contributed by atoms with Crippen LogP contribution in [0.3, 0.4) is 0 Å². The van der Waals surface area contributed by atoms with Crippen LogP contribution in [-0.4, -0.2) is 39.7 Å². The molecule has 0 N–H and O–H groups in total. The zero-order valence-corrected chi connectivity index (χ0v) is 11.1. The summed E-state index contributed by atoms with van der Waals surface area (Å²) in [7, 11) is 2.73. The highest BCUT2D eigenvalue weighted by Crippen LogP contribution is 2.41. The third-order valence-corrected chi connectivity index (χ3v) is 2.87. The van der Waals surface area contributed by atoms with Crippen LogP contribution in [0.2, 0.25) is 0 Å². The number of epoxide rings is 1. The van der Waals surface area contributed by atoms with Crippen molar-refractivity contribution >= 4 is 0 Å². The molecule has 1 aromatic carbocycles. The van der Waals surface area contributed by atoms with Crippen molar-refractivity contribution in [1.29, 1.82) is 0 Å². The zero-order valence-electron chi connectivity index (χ0n) is 11.1. The fraction of sp³-hybridized carbons (Fsp3) is 0.538. The smallest absolute Gasteiger partial charge is 0.418 e.